The van der Waals surface area contributed by atoms with Gasteiger partial charge in [0, 0.05) is 28.9 Å². The average Bonchev–Trinajstić information content (AvgIpc) is 2.42. The van der Waals surface area contributed by atoms with E-state index in [1.165, 1.54) is 0 Å². The van der Waals surface area contributed by atoms with E-state index >= 15 is 0 Å². The highest BCUT2D eigenvalue weighted by atomic mass is 32.2. The predicted molar refractivity (Wildman–Crippen MR) is 81.8 cm³/mol. The van der Waals surface area contributed by atoms with Gasteiger partial charge >= 0.3 is 0 Å². The van der Waals surface area contributed by atoms with Gasteiger partial charge in [0.25, 0.3) is 0 Å². The van der Waals surface area contributed by atoms with Gasteiger partial charge in [-0.2, -0.15) is 0 Å². The van der Waals surface area contributed by atoms with E-state index in [9.17, 15) is 4.21 Å². The van der Waals surface area contributed by atoms with Gasteiger partial charge < -0.3 is 10.5 Å². The summed E-state index contributed by atoms with van der Waals surface area (Å²) in [6, 6.07) is 7.79. The molecule has 1 rings (SSSR count). The normalized spacial score (nSPS) is 12.6. The Morgan fingerprint density at radius 2 is 1.89 bits per heavy atom. The van der Waals surface area contributed by atoms with Crippen LogP contribution in [0.15, 0.2) is 24.3 Å². The molecule has 0 aliphatic heterocycles. The fourth-order valence-electron chi connectivity index (χ4n) is 1.60. The summed E-state index contributed by atoms with van der Waals surface area (Å²) in [5.74, 6) is 3.02. The molecule has 0 saturated carbocycles. The molecule has 19 heavy (non-hydrogen) atoms. The van der Waals surface area contributed by atoms with Crippen LogP contribution in [0.2, 0.25) is 0 Å². The molecule has 2 N–H and O–H groups in total. The topological polar surface area (TPSA) is 52.3 Å². The van der Waals surface area contributed by atoms with E-state index in [4.69, 9.17) is 10.5 Å². The van der Waals surface area contributed by atoms with Crippen molar-refractivity contribution in [1.82, 2.24) is 0 Å². The van der Waals surface area contributed by atoms with Crippen LogP contribution in [0.5, 0.6) is 5.75 Å². The number of ether oxygens (including phenoxy) is 1. The lowest BCUT2D eigenvalue weighted by molar-refractivity contribution is 0.318. The van der Waals surface area contributed by atoms with E-state index in [1.54, 1.807) is 0 Å². The molecule has 0 saturated heterocycles. The fourth-order valence-corrected chi connectivity index (χ4v) is 2.98. The predicted octanol–water partition coefficient (Wildman–Crippen LogP) is 2.71. The minimum absolute atomic E-state index is 0.551. The van der Waals surface area contributed by atoms with Crippen molar-refractivity contribution in [2.24, 2.45) is 11.7 Å². The molecular weight excluding hydrogens is 258 g/mol. The lowest BCUT2D eigenvalue weighted by atomic mass is 10.2. The van der Waals surface area contributed by atoms with E-state index in [0.29, 0.717) is 19.1 Å². The molecule has 3 nitrogen and oxygen atoms in total. The van der Waals surface area contributed by atoms with Crippen LogP contribution in [-0.4, -0.2) is 22.3 Å². The highest BCUT2D eigenvalue weighted by molar-refractivity contribution is 7.84. The lowest BCUT2D eigenvalue weighted by Gasteiger charge is -2.07. The van der Waals surface area contributed by atoms with Crippen molar-refractivity contribution in [2.75, 3.05) is 18.1 Å². The second kappa shape index (κ2) is 9.10. The maximum Gasteiger partial charge on any atom is 0.119 e. The van der Waals surface area contributed by atoms with Crippen molar-refractivity contribution >= 4 is 10.8 Å². The number of hydrogen-bond acceptors (Lipinski definition) is 3. The third kappa shape index (κ3) is 7.33. The first kappa shape index (κ1) is 16.2. The summed E-state index contributed by atoms with van der Waals surface area (Å²) in [6.45, 7) is 5.49. The van der Waals surface area contributed by atoms with Gasteiger partial charge in [-0.1, -0.05) is 26.0 Å². The maximum atomic E-state index is 11.7. The zero-order valence-electron chi connectivity index (χ0n) is 11.9. The fraction of sp³-hybridized carbons (Fsp3) is 0.600. The summed E-state index contributed by atoms with van der Waals surface area (Å²) in [7, 11) is -0.700. The van der Waals surface area contributed by atoms with Crippen molar-refractivity contribution in [1.29, 1.82) is 0 Å². The molecule has 1 aromatic carbocycles. The molecule has 108 valence electrons. The average molecular weight is 283 g/mol. The number of hydrogen-bond donors (Lipinski definition) is 1. The van der Waals surface area contributed by atoms with Crippen LogP contribution in [0.25, 0.3) is 0 Å². The molecular formula is C15H25NO2S. The second-order valence-electron chi connectivity index (χ2n) is 5.08. The van der Waals surface area contributed by atoms with E-state index < -0.39 is 10.8 Å². The molecule has 0 spiro atoms. The van der Waals surface area contributed by atoms with E-state index in [2.05, 4.69) is 13.8 Å². The molecule has 1 aromatic rings. The van der Waals surface area contributed by atoms with Crippen LogP contribution < -0.4 is 10.5 Å². The Morgan fingerprint density at radius 1 is 1.21 bits per heavy atom. The van der Waals surface area contributed by atoms with Gasteiger partial charge in [-0.3, -0.25) is 4.21 Å². The Bertz CT molecular complexity index is 376. The van der Waals surface area contributed by atoms with E-state index in [1.807, 2.05) is 24.3 Å². The van der Waals surface area contributed by atoms with Crippen molar-refractivity contribution in [3.8, 4) is 5.75 Å². The molecule has 0 radical (unpaired) electrons. The molecule has 0 aliphatic carbocycles. The first-order chi connectivity index (χ1) is 9.11. The number of benzene rings is 1. The van der Waals surface area contributed by atoms with Gasteiger partial charge in [0.1, 0.15) is 5.75 Å². The quantitative estimate of drug-likeness (QED) is 0.709. The van der Waals surface area contributed by atoms with Gasteiger partial charge in [-0.05, 0) is 36.5 Å². The summed E-state index contributed by atoms with van der Waals surface area (Å²) >= 11 is 0. The molecule has 0 aliphatic rings. The Hall–Kier alpha value is -0.870. The standard InChI is InChI=1S/C15H25NO2S/c1-13(2)8-11-19(17)10-3-9-18-15-6-4-14(12-16)5-7-15/h4-7,13H,3,8-12,16H2,1-2H3. The van der Waals surface area contributed by atoms with Crippen LogP contribution in [0.3, 0.4) is 0 Å². The van der Waals surface area contributed by atoms with Gasteiger partial charge in [0.05, 0.1) is 6.61 Å². The first-order valence-corrected chi connectivity index (χ1v) is 8.37. The van der Waals surface area contributed by atoms with Crippen LogP contribution in [0.1, 0.15) is 32.3 Å². The van der Waals surface area contributed by atoms with Gasteiger partial charge in [0.2, 0.25) is 0 Å². The zero-order chi connectivity index (χ0) is 14.1. The molecule has 0 bridgehead atoms. The molecule has 0 aromatic heterocycles. The van der Waals surface area contributed by atoms with Crippen LogP contribution in [-0.2, 0) is 17.3 Å². The monoisotopic (exact) mass is 283 g/mol. The Balaban J connectivity index is 2.14. The van der Waals surface area contributed by atoms with E-state index in [-0.39, 0.29) is 0 Å². The minimum Gasteiger partial charge on any atom is -0.494 e. The van der Waals surface area contributed by atoms with Crippen molar-refractivity contribution in [3.05, 3.63) is 29.8 Å². The lowest BCUT2D eigenvalue weighted by Crippen LogP contribution is -2.09. The SMILES string of the molecule is CC(C)CCS(=O)CCCOc1ccc(CN)cc1. The second-order valence-corrected chi connectivity index (χ2v) is 6.78. The summed E-state index contributed by atoms with van der Waals surface area (Å²) in [5.41, 5.74) is 6.63. The molecule has 1 unspecified atom stereocenters. The number of nitrogens with two attached hydrogens (primary N) is 1. The summed E-state index contributed by atoms with van der Waals surface area (Å²) in [6.07, 6.45) is 1.87. The Kier molecular flexibility index (Phi) is 7.75. The maximum absolute atomic E-state index is 11.7. The highest BCUT2D eigenvalue weighted by Crippen LogP contribution is 2.12. The first-order valence-electron chi connectivity index (χ1n) is 6.88. The Labute approximate surface area is 119 Å². The van der Waals surface area contributed by atoms with Crippen molar-refractivity contribution < 1.29 is 8.95 Å². The van der Waals surface area contributed by atoms with Gasteiger partial charge in [-0.15, -0.1) is 0 Å². The molecule has 0 heterocycles. The third-order valence-electron chi connectivity index (χ3n) is 2.87. The molecule has 0 fully saturated rings. The van der Waals surface area contributed by atoms with Crippen LogP contribution in [0.4, 0.5) is 0 Å². The minimum atomic E-state index is -0.700. The molecule has 0 amide bonds. The van der Waals surface area contributed by atoms with Crippen LogP contribution in [0, 0.1) is 5.92 Å². The molecule has 1 atom stereocenters. The summed E-state index contributed by atoms with van der Waals surface area (Å²) < 4.78 is 17.3. The van der Waals surface area contributed by atoms with Crippen molar-refractivity contribution in [3.63, 3.8) is 0 Å². The smallest absolute Gasteiger partial charge is 0.119 e. The van der Waals surface area contributed by atoms with Gasteiger partial charge in [0.15, 0.2) is 0 Å². The third-order valence-corrected chi connectivity index (χ3v) is 4.30. The summed E-state index contributed by atoms with van der Waals surface area (Å²) in [5, 5.41) is 0. The summed E-state index contributed by atoms with van der Waals surface area (Å²) in [4.78, 5) is 0. The molecule has 4 heteroatoms. The largest absolute Gasteiger partial charge is 0.494 e. The highest BCUT2D eigenvalue weighted by Gasteiger charge is 2.02. The number of rotatable bonds is 9. The zero-order valence-corrected chi connectivity index (χ0v) is 12.7. The van der Waals surface area contributed by atoms with Crippen molar-refractivity contribution in [2.45, 2.75) is 33.2 Å². The van der Waals surface area contributed by atoms with Gasteiger partial charge in [-0.25, -0.2) is 0 Å². The Morgan fingerprint density at radius 3 is 2.47 bits per heavy atom. The van der Waals surface area contributed by atoms with Crippen LogP contribution >= 0.6 is 0 Å². The van der Waals surface area contributed by atoms with E-state index in [0.717, 1.165) is 35.7 Å².